The summed E-state index contributed by atoms with van der Waals surface area (Å²) >= 11 is 0. The molecule has 0 saturated carbocycles. The molecule has 0 fully saturated rings. The predicted octanol–water partition coefficient (Wildman–Crippen LogP) is 1.91. The van der Waals surface area contributed by atoms with Gasteiger partial charge in [0.05, 0.1) is 6.20 Å². The smallest absolute Gasteiger partial charge is 0.265 e. The van der Waals surface area contributed by atoms with Gasteiger partial charge in [-0.1, -0.05) is 36.4 Å². The molecule has 1 N–H and O–H groups in total. The highest BCUT2D eigenvalue weighted by molar-refractivity contribution is 5.92. The van der Waals surface area contributed by atoms with E-state index in [1.807, 2.05) is 36.4 Å². The number of hydrazone groups is 1. The SMILES string of the molecule is O=C(NN=C/C=C\c1ccccc1)c1cnccn1. The molecule has 0 aliphatic rings. The first-order chi connectivity index (χ1) is 9.36. The molecule has 0 aliphatic carbocycles. The Hall–Kier alpha value is -2.82. The summed E-state index contributed by atoms with van der Waals surface area (Å²) in [6, 6.07) is 9.80. The van der Waals surface area contributed by atoms with Crippen LogP contribution < -0.4 is 5.43 Å². The lowest BCUT2D eigenvalue weighted by molar-refractivity contribution is 0.0950. The Morgan fingerprint density at radius 1 is 1.21 bits per heavy atom. The quantitative estimate of drug-likeness (QED) is 0.667. The van der Waals surface area contributed by atoms with E-state index in [2.05, 4.69) is 20.5 Å². The highest BCUT2D eigenvalue weighted by Gasteiger charge is 2.03. The number of allylic oxidation sites excluding steroid dienone is 1. The first-order valence-electron chi connectivity index (χ1n) is 5.67. The van der Waals surface area contributed by atoms with Crippen LogP contribution in [0.1, 0.15) is 16.1 Å². The summed E-state index contributed by atoms with van der Waals surface area (Å²) < 4.78 is 0. The number of hydrogen-bond acceptors (Lipinski definition) is 4. The molecule has 5 nitrogen and oxygen atoms in total. The van der Waals surface area contributed by atoms with E-state index in [0.717, 1.165) is 5.56 Å². The van der Waals surface area contributed by atoms with Crippen molar-refractivity contribution in [1.29, 1.82) is 0 Å². The van der Waals surface area contributed by atoms with Crippen molar-refractivity contribution in [2.45, 2.75) is 0 Å². The molecule has 5 heteroatoms. The van der Waals surface area contributed by atoms with E-state index >= 15 is 0 Å². The summed E-state index contributed by atoms with van der Waals surface area (Å²) in [5.41, 5.74) is 3.65. The van der Waals surface area contributed by atoms with E-state index in [0.29, 0.717) is 0 Å². The molecule has 0 spiro atoms. The maximum absolute atomic E-state index is 11.5. The fourth-order valence-electron chi connectivity index (χ4n) is 1.33. The largest absolute Gasteiger partial charge is 0.291 e. The van der Waals surface area contributed by atoms with Crippen LogP contribution in [0.25, 0.3) is 6.08 Å². The number of rotatable bonds is 4. The van der Waals surface area contributed by atoms with Crippen molar-refractivity contribution in [1.82, 2.24) is 15.4 Å². The van der Waals surface area contributed by atoms with Gasteiger partial charge in [-0.15, -0.1) is 0 Å². The number of benzene rings is 1. The summed E-state index contributed by atoms with van der Waals surface area (Å²) in [7, 11) is 0. The number of carbonyl (C=O) groups excluding carboxylic acids is 1. The Morgan fingerprint density at radius 3 is 2.79 bits per heavy atom. The van der Waals surface area contributed by atoms with Crippen LogP contribution in [0.4, 0.5) is 0 Å². The van der Waals surface area contributed by atoms with Gasteiger partial charge in [-0.05, 0) is 11.6 Å². The Kier molecular flexibility index (Phi) is 4.52. The monoisotopic (exact) mass is 252 g/mol. The second-order valence-electron chi connectivity index (χ2n) is 3.58. The van der Waals surface area contributed by atoms with E-state index in [4.69, 9.17) is 0 Å². The fraction of sp³-hybridized carbons (Fsp3) is 0. The Balaban J connectivity index is 1.84. The molecule has 0 radical (unpaired) electrons. The molecule has 2 rings (SSSR count). The van der Waals surface area contributed by atoms with Gasteiger partial charge >= 0.3 is 0 Å². The number of nitrogens with zero attached hydrogens (tertiary/aromatic N) is 3. The fourth-order valence-corrected chi connectivity index (χ4v) is 1.33. The third-order valence-corrected chi connectivity index (χ3v) is 2.21. The van der Waals surface area contributed by atoms with Crippen LogP contribution in [0.5, 0.6) is 0 Å². The van der Waals surface area contributed by atoms with Crippen molar-refractivity contribution in [2.24, 2.45) is 5.10 Å². The lowest BCUT2D eigenvalue weighted by Gasteiger charge is -1.96. The van der Waals surface area contributed by atoms with Crippen molar-refractivity contribution in [2.75, 3.05) is 0 Å². The second-order valence-corrected chi connectivity index (χ2v) is 3.58. The number of nitrogens with one attached hydrogen (secondary N) is 1. The summed E-state index contributed by atoms with van der Waals surface area (Å²) in [4.78, 5) is 19.2. The Bertz CT molecular complexity index is 579. The number of amides is 1. The van der Waals surface area contributed by atoms with Gasteiger partial charge in [0.25, 0.3) is 5.91 Å². The Labute approximate surface area is 110 Å². The standard InChI is InChI=1S/C14H12N4O/c19-14(13-11-15-9-10-16-13)18-17-8-4-7-12-5-2-1-3-6-12/h1-11H,(H,18,19)/b7-4-,17-8?. The van der Waals surface area contributed by atoms with E-state index in [1.165, 1.54) is 24.8 Å². The van der Waals surface area contributed by atoms with Crippen LogP contribution in [0, 0.1) is 0 Å². The van der Waals surface area contributed by atoms with Gasteiger partial charge in [-0.25, -0.2) is 10.4 Å². The molecule has 2 aromatic rings. The maximum atomic E-state index is 11.5. The van der Waals surface area contributed by atoms with Crippen molar-refractivity contribution in [3.63, 3.8) is 0 Å². The molecule has 94 valence electrons. The van der Waals surface area contributed by atoms with Crippen molar-refractivity contribution < 1.29 is 4.79 Å². The minimum Gasteiger partial charge on any atom is -0.265 e. The van der Waals surface area contributed by atoms with Gasteiger partial charge in [-0.3, -0.25) is 9.78 Å². The summed E-state index contributed by atoms with van der Waals surface area (Å²) in [6.07, 6.45) is 9.47. The van der Waals surface area contributed by atoms with E-state index in [-0.39, 0.29) is 5.69 Å². The molecule has 0 saturated heterocycles. The second kappa shape index (κ2) is 6.80. The van der Waals surface area contributed by atoms with Gasteiger partial charge in [0.2, 0.25) is 0 Å². The number of hydrogen-bond donors (Lipinski definition) is 1. The van der Waals surface area contributed by atoms with Crippen molar-refractivity contribution in [3.05, 3.63) is 66.3 Å². The summed E-state index contributed by atoms with van der Waals surface area (Å²) in [6.45, 7) is 0. The van der Waals surface area contributed by atoms with E-state index in [9.17, 15) is 4.79 Å². The first kappa shape index (κ1) is 12.6. The minimum absolute atomic E-state index is 0.228. The van der Waals surface area contributed by atoms with Crippen LogP contribution in [0.2, 0.25) is 0 Å². The van der Waals surface area contributed by atoms with Gasteiger partial charge in [-0.2, -0.15) is 5.10 Å². The van der Waals surface area contributed by atoms with Gasteiger partial charge in [0, 0.05) is 18.6 Å². The highest BCUT2D eigenvalue weighted by atomic mass is 16.2. The number of carbonyl (C=O) groups is 1. The van der Waals surface area contributed by atoms with Crippen LogP contribution >= 0.6 is 0 Å². The van der Waals surface area contributed by atoms with Gasteiger partial charge in [0.15, 0.2) is 0 Å². The third-order valence-electron chi connectivity index (χ3n) is 2.21. The molecule has 0 bridgehead atoms. The first-order valence-corrected chi connectivity index (χ1v) is 5.67. The normalized spacial score (nSPS) is 10.9. The summed E-state index contributed by atoms with van der Waals surface area (Å²) in [5.74, 6) is -0.391. The molecule has 1 aromatic heterocycles. The van der Waals surface area contributed by atoms with E-state index in [1.54, 1.807) is 6.08 Å². The Morgan fingerprint density at radius 2 is 2.05 bits per heavy atom. The lowest BCUT2D eigenvalue weighted by Crippen LogP contribution is -2.18. The zero-order valence-electron chi connectivity index (χ0n) is 10.1. The van der Waals surface area contributed by atoms with E-state index < -0.39 is 5.91 Å². The van der Waals surface area contributed by atoms with Crippen LogP contribution in [0.15, 0.2) is 60.1 Å². The molecule has 1 aromatic carbocycles. The van der Waals surface area contributed by atoms with Crippen LogP contribution in [-0.4, -0.2) is 22.1 Å². The summed E-state index contributed by atoms with van der Waals surface area (Å²) in [5, 5.41) is 3.78. The van der Waals surface area contributed by atoms with Crippen molar-refractivity contribution in [3.8, 4) is 0 Å². The zero-order chi connectivity index (χ0) is 13.3. The lowest BCUT2D eigenvalue weighted by atomic mass is 10.2. The average Bonchev–Trinajstić information content (AvgIpc) is 2.49. The zero-order valence-corrected chi connectivity index (χ0v) is 10.1. The molecule has 0 aliphatic heterocycles. The molecule has 0 unspecified atom stereocenters. The average molecular weight is 252 g/mol. The molecule has 1 amide bonds. The number of aromatic nitrogens is 2. The van der Waals surface area contributed by atoms with Gasteiger partial charge < -0.3 is 0 Å². The minimum atomic E-state index is -0.391. The highest BCUT2D eigenvalue weighted by Crippen LogP contribution is 1.99. The van der Waals surface area contributed by atoms with Crippen LogP contribution in [-0.2, 0) is 0 Å². The predicted molar refractivity (Wildman–Crippen MR) is 73.5 cm³/mol. The molecule has 19 heavy (non-hydrogen) atoms. The molecule has 0 atom stereocenters. The molecule has 1 heterocycles. The maximum Gasteiger partial charge on any atom is 0.291 e. The third kappa shape index (κ3) is 4.16. The molecular formula is C14H12N4O. The van der Waals surface area contributed by atoms with Gasteiger partial charge in [0.1, 0.15) is 5.69 Å². The molecular weight excluding hydrogens is 240 g/mol. The topological polar surface area (TPSA) is 67.2 Å². The van der Waals surface area contributed by atoms with Crippen LogP contribution in [0.3, 0.4) is 0 Å². The van der Waals surface area contributed by atoms with Crippen molar-refractivity contribution >= 4 is 18.2 Å².